The fourth-order valence-corrected chi connectivity index (χ4v) is 2.86. The lowest BCUT2D eigenvalue weighted by Crippen LogP contribution is -2.29. The SMILES string of the molecule is O=[N+]([O-])c1ccc(-c2ccccc2)cc1.O=[N+]([O-])c1ccc(Br)cc1.OB(O)c1ccccc1. The molecule has 0 fully saturated rings. The smallest absolute Gasteiger partial charge is 0.423 e. The lowest BCUT2D eigenvalue weighted by Gasteiger charge is -1.99. The molecule has 4 aromatic carbocycles. The van der Waals surface area contributed by atoms with Crippen LogP contribution in [0.15, 0.2) is 114 Å². The van der Waals surface area contributed by atoms with Gasteiger partial charge in [-0.2, -0.15) is 0 Å². The Morgan fingerprint density at radius 1 is 0.588 bits per heavy atom. The molecule has 34 heavy (non-hydrogen) atoms. The van der Waals surface area contributed by atoms with E-state index in [1.54, 1.807) is 48.5 Å². The van der Waals surface area contributed by atoms with Crippen LogP contribution in [-0.4, -0.2) is 27.0 Å². The minimum absolute atomic E-state index is 0.114. The van der Waals surface area contributed by atoms with E-state index in [1.807, 2.05) is 36.4 Å². The largest absolute Gasteiger partial charge is 0.488 e. The number of nitrogens with zero attached hydrogens (tertiary/aromatic N) is 2. The molecule has 172 valence electrons. The minimum Gasteiger partial charge on any atom is -0.423 e. The van der Waals surface area contributed by atoms with Gasteiger partial charge >= 0.3 is 7.12 Å². The van der Waals surface area contributed by atoms with Crippen molar-refractivity contribution in [3.8, 4) is 11.1 Å². The Balaban J connectivity index is 0.000000189. The summed E-state index contributed by atoms with van der Waals surface area (Å²) in [7, 11) is -1.34. The summed E-state index contributed by atoms with van der Waals surface area (Å²) in [6, 6.07) is 31.1. The van der Waals surface area contributed by atoms with Gasteiger partial charge in [0.25, 0.3) is 11.4 Å². The Bertz CT molecular complexity index is 1180. The topological polar surface area (TPSA) is 127 Å². The molecule has 4 aromatic rings. The van der Waals surface area contributed by atoms with Crippen LogP contribution in [0.4, 0.5) is 11.4 Å². The molecule has 0 aliphatic heterocycles. The summed E-state index contributed by atoms with van der Waals surface area (Å²) in [5.41, 5.74) is 2.81. The molecular formula is C24H20BBrN2O6. The van der Waals surface area contributed by atoms with E-state index in [4.69, 9.17) is 10.0 Å². The highest BCUT2D eigenvalue weighted by Crippen LogP contribution is 2.21. The van der Waals surface area contributed by atoms with Crippen molar-refractivity contribution in [1.82, 2.24) is 0 Å². The van der Waals surface area contributed by atoms with Crippen molar-refractivity contribution >= 4 is 39.9 Å². The standard InChI is InChI=1S/C12H9NO2.C6H7BO2.C6H4BrNO2/c14-13(15)12-8-6-11(7-9-12)10-4-2-1-3-5-10;8-7(9)6-4-2-1-3-5-6;7-5-1-3-6(4-2-5)8(9)10/h1-9H;1-5,8-9H;1-4H. The number of non-ortho nitro benzene ring substituents is 2. The molecule has 0 bridgehead atoms. The summed E-state index contributed by atoms with van der Waals surface area (Å²) in [5, 5.41) is 37.7. The summed E-state index contributed by atoms with van der Waals surface area (Å²) in [4.78, 5) is 19.7. The van der Waals surface area contributed by atoms with Crippen molar-refractivity contribution in [2.24, 2.45) is 0 Å². The van der Waals surface area contributed by atoms with Gasteiger partial charge in [-0.15, -0.1) is 0 Å². The molecule has 4 rings (SSSR count). The first kappa shape index (κ1) is 26.4. The van der Waals surface area contributed by atoms with Crippen LogP contribution in [0.5, 0.6) is 0 Å². The number of nitro groups is 2. The Labute approximate surface area is 204 Å². The van der Waals surface area contributed by atoms with E-state index in [2.05, 4.69) is 15.9 Å². The van der Waals surface area contributed by atoms with E-state index in [0.29, 0.717) is 5.46 Å². The van der Waals surface area contributed by atoms with Gasteiger partial charge in [0.15, 0.2) is 0 Å². The zero-order valence-electron chi connectivity index (χ0n) is 17.8. The van der Waals surface area contributed by atoms with Crippen molar-refractivity contribution < 1.29 is 19.9 Å². The Hall–Kier alpha value is -3.86. The third-order valence-electron chi connectivity index (χ3n) is 4.32. The van der Waals surface area contributed by atoms with E-state index in [0.717, 1.165) is 15.6 Å². The molecule has 0 saturated carbocycles. The maximum absolute atomic E-state index is 10.5. The zero-order chi connectivity index (χ0) is 24.9. The summed E-state index contributed by atoms with van der Waals surface area (Å²) >= 11 is 3.17. The van der Waals surface area contributed by atoms with Gasteiger partial charge in [0.2, 0.25) is 0 Å². The second-order valence-corrected chi connectivity index (χ2v) is 7.60. The van der Waals surface area contributed by atoms with Crippen LogP contribution < -0.4 is 5.46 Å². The van der Waals surface area contributed by atoms with Crippen LogP contribution in [0.2, 0.25) is 0 Å². The van der Waals surface area contributed by atoms with E-state index in [-0.39, 0.29) is 11.4 Å². The Morgan fingerprint density at radius 3 is 1.35 bits per heavy atom. The van der Waals surface area contributed by atoms with Crippen LogP contribution in [0.25, 0.3) is 11.1 Å². The molecule has 0 aromatic heterocycles. The molecule has 0 spiro atoms. The molecule has 0 heterocycles. The molecule has 0 aliphatic carbocycles. The van der Waals surface area contributed by atoms with Gasteiger partial charge in [-0.1, -0.05) is 76.6 Å². The van der Waals surface area contributed by atoms with Crippen LogP contribution in [-0.2, 0) is 0 Å². The Kier molecular flexibility index (Phi) is 10.6. The van der Waals surface area contributed by atoms with Crippen molar-refractivity contribution in [3.05, 3.63) is 134 Å². The minimum atomic E-state index is -1.34. The first-order chi connectivity index (χ1) is 16.3. The second kappa shape index (κ2) is 13.6. The summed E-state index contributed by atoms with van der Waals surface area (Å²) in [6.45, 7) is 0. The monoisotopic (exact) mass is 522 g/mol. The number of nitro benzene ring substituents is 2. The number of halogens is 1. The van der Waals surface area contributed by atoms with Gasteiger partial charge in [0.1, 0.15) is 0 Å². The first-order valence-electron chi connectivity index (χ1n) is 9.89. The average molecular weight is 523 g/mol. The maximum atomic E-state index is 10.5. The first-order valence-corrected chi connectivity index (χ1v) is 10.7. The van der Waals surface area contributed by atoms with E-state index < -0.39 is 17.0 Å². The highest BCUT2D eigenvalue weighted by molar-refractivity contribution is 9.10. The van der Waals surface area contributed by atoms with Gasteiger partial charge in [-0.05, 0) is 40.9 Å². The molecule has 10 heteroatoms. The molecular weight excluding hydrogens is 503 g/mol. The highest BCUT2D eigenvalue weighted by Gasteiger charge is 2.07. The average Bonchev–Trinajstić information content (AvgIpc) is 2.86. The highest BCUT2D eigenvalue weighted by atomic mass is 79.9. The number of rotatable bonds is 4. The predicted octanol–water partition coefficient (Wildman–Crippen LogP) is 4.99. The molecule has 0 radical (unpaired) electrons. The van der Waals surface area contributed by atoms with Crippen LogP contribution in [0.3, 0.4) is 0 Å². The lowest BCUT2D eigenvalue weighted by molar-refractivity contribution is -0.385. The van der Waals surface area contributed by atoms with Gasteiger partial charge in [0.05, 0.1) is 9.85 Å². The fourth-order valence-electron chi connectivity index (χ4n) is 2.59. The zero-order valence-corrected chi connectivity index (χ0v) is 19.4. The van der Waals surface area contributed by atoms with Crippen LogP contribution in [0.1, 0.15) is 0 Å². The van der Waals surface area contributed by atoms with Crippen LogP contribution >= 0.6 is 15.9 Å². The molecule has 0 saturated heterocycles. The molecule has 0 atom stereocenters. The van der Waals surface area contributed by atoms with Gasteiger partial charge in [-0.25, -0.2) is 0 Å². The van der Waals surface area contributed by atoms with E-state index >= 15 is 0 Å². The summed E-state index contributed by atoms with van der Waals surface area (Å²) in [5.74, 6) is 0. The third-order valence-corrected chi connectivity index (χ3v) is 4.85. The van der Waals surface area contributed by atoms with E-state index in [1.165, 1.54) is 24.3 Å². The quantitative estimate of drug-likeness (QED) is 0.221. The van der Waals surface area contributed by atoms with Crippen LogP contribution in [0, 0.1) is 20.2 Å². The molecule has 0 aliphatic rings. The van der Waals surface area contributed by atoms with Crippen molar-refractivity contribution in [1.29, 1.82) is 0 Å². The maximum Gasteiger partial charge on any atom is 0.488 e. The number of benzene rings is 4. The molecule has 0 unspecified atom stereocenters. The van der Waals surface area contributed by atoms with Crippen molar-refractivity contribution in [2.45, 2.75) is 0 Å². The summed E-state index contributed by atoms with van der Waals surface area (Å²) in [6.07, 6.45) is 0. The third kappa shape index (κ3) is 8.95. The number of hydrogen-bond acceptors (Lipinski definition) is 6. The molecule has 2 N–H and O–H groups in total. The molecule has 0 amide bonds. The van der Waals surface area contributed by atoms with Crippen molar-refractivity contribution in [3.63, 3.8) is 0 Å². The molecule has 8 nitrogen and oxygen atoms in total. The second-order valence-electron chi connectivity index (χ2n) is 6.69. The van der Waals surface area contributed by atoms with Gasteiger partial charge < -0.3 is 10.0 Å². The fraction of sp³-hybridized carbons (Fsp3) is 0. The predicted molar refractivity (Wildman–Crippen MR) is 136 cm³/mol. The van der Waals surface area contributed by atoms with Gasteiger partial charge in [-0.3, -0.25) is 20.2 Å². The van der Waals surface area contributed by atoms with Gasteiger partial charge in [0, 0.05) is 28.7 Å². The summed E-state index contributed by atoms with van der Waals surface area (Å²) < 4.78 is 0.845. The Morgan fingerprint density at radius 2 is 0.971 bits per heavy atom. The lowest BCUT2D eigenvalue weighted by atomic mass is 9.81. The van der Waals surface area contributed by atoms with E-state index in [9.17, 15) is 20.2 Å². The van der Waals surface area contributed by atoms with Crippen molar-refractivity contribution in [2.75, 3.05) is 0 Å². The number of hydrogen-bond donors (Lipinski definition) is 2. The normalized spacial score (nSPS) is 9.50.